The van der Waals surface area contributed by atoms with Crippen molar-refractivity contribution < 1.29 is 9.53 Å². The number of fused-ring (bicyclic) bond motifs is 1. The first-order valence-corrected chi connectivity index (χ1v) is 12.1. The Morgan fingerprint density at radius 2 is 1.76 bits per heavy atom. The molecular formula is C28H30ClN3O2. The predicted octanol–water partition coefficient (Wildman–Crippen LogP) is 5.76. The average molecular weight is 476 g/mol. The summed E-state index contributed by atoms with van der Waals surface area (Å²) in [5.74, 6) is 1.80. The third-order valence-electron chi connectivity index (χ3n) is 5.87. The van der Waals surface area contributed by atoms with Crippen molar-refractivity contribution in [3.63, 3.8) is 0 Å². The lowest BCUT2D eigenvalue weighted by molar-refractivity contribution is -0.120. The summed E-state index contributed by atoms with van der Waals surface area (Å²) in [6.07, 6.45) is 2.88. The van der Waals surface area contributed by atoms with Crippen molar-refractivity contribution in [2.45, 2.75) is 39.2 Å². The Bertz CT molecular complexity index is 1250. The van der Waals surface area contributed by atoms with Crippen LogP contribution in [-0.2, 0) is 24.2 Å². The van der Waals surface area contributed by atoms with Gasteiger partial charge in [-0.1, -0.05) is 60.1 Å². The number of rotatable bonds is 11. The lowest BCUT2D eigenvalue weighted by Crippen LogP contribution is -2.26. The van der Waals surface area contributed by atoms with Crippen LogP contribution < -0.4 is 10.1 Å². The number of nitrogens with one attached hydrogen (secondary N) is 1. The van der Waals surface area contributed by atoms with Crippen molar-refractivity contribution in [3.8, 4) is 5.75 Å². The Morgan fingerprint density at radius 3 is 2.62 bits per heavy atom. The highest BCUT2D eigenvalue weighted by Crippen LogP contribution is 2.23. The predicted molar refractivity (Wildman–Crippen MR) is 138 cm³/mol. The molecule has 0 spiro atoms. The zero-order valence-electron chi connectivity index (χ0n) is 19.5. The highest BCUT2D eigenvalue weighted by molar-refractivity contribution is 6.32. The first-order valence-electron chi connectivity index (χ1n) is 11.7. The number of amides is 1. The van der Waals surface area contributed by atoms with E-state index in [2.05, 4.69) is 16.0 Å². The second kappa shape index (κ2) is 11.7. The Kier molecular flexibility index (Phi) is 8.21. The summed E-state index contributed by atoms with van der Waals surface area (Å²) in [6, 6.07) is 23.7. The van der Waals surface area contributed by atoms with Crippen LogP contribution in [0.2, 0.25) is 5.02 Å². The van der Waals surface area contributed by atoms with E-state index in [4.69, 9.17) is 21.3 Å². The lowest BCUT2D eigenvalue weighted by atomic mass is 10.1. The highest BCUT2D eigenvalue weighted by atomic mass is 35.5. The maximum atomic E-state index is 12.3. The zero-order valence-corrected chi connectivity index (χ0v) is 20.2. The van der Waals surface area contributed by atoms with Gasteiger partial charge in [-0.15, -0.1) is 0 Å². The van der Waals surface area contributed by atoms with Crippen molar-refractivity contribution in [1.29, 1.82) is 0 Å². The summed E-state index contributed by atoms with van der Waals surface area (Å²) < 4.78 is 8.12. The molecule has 6 heteroatoms. The molecular weight excluding hydrogens is 446 g/mol. The van der Waals surface area contributed by atoms with Gasteiger partial charge < -0.3 is 14.6 Å². The second-order valence-electron chi connectivity index (χ2n) is 8.36. The molecule has 5 nitrogen and oxygen atoms in total. The number of aryl methyl sites for hydroxylation is 3. The second-order valence-corrected chi connectivity index (χ2v) is 8.76. The van der Waals surface area contributed by atoms with E-state index in [-0.39, 0.29) is 5.91 Å². The van der Waals surface area contributed by atoms with Gasteiger partial charge >= 0.3 is 0 Å². The van der Waals surface area contributed by atoms with Gasteiger partial charge in [0.05, 0.1) is 29.1 Å². The van der Waals surface area contributed by atoms with Gasteiger partial charge in [-0.2, -0.15) is 0 Å². The zero-order chi connectivity index (χ0) is 23.8. The number of para-hydroxylation sites is 3. The normalized spacial score (nSPS) is 11.0. The summed E-state index contributed by atoms with van der Waals surface area (Å²) in [6.45, 7) is 4.04. The molecule has 0 aliphatic heterocycles. The number of ether oxygens (including phenoxy) is 1. The summed E-state index contributed by atoms with van der Waals surface area (Å²) in [5.41, 5.74) is 4.33. The minimum Gasteiger partial charge on any atom is -0.492 e. The number of carbonyl (C=O) groups is 1. The number of hydrogen-bond donors (Lipinski definition) is 1. The summed E-state index contributed by atoms with van der Waals surface area (Å²) in [5, 5.41) is 3.67. The molecule has 1 N–H and O–H groups in total. The van der Waals surface area contributed by atoms with Crippen molar-refractivity contribution in [2.24, 2.45) is 0 Å². The Labute approximate surface area is 205 Å². The van der Waals surface area contributed by atoms with Crippen LogP contribution in [0.15, 0.2) is 72.8 Å². The smallest absolute Gasteiger partial charge is 0.224 e. The molecule has 0 radical (unpaired) electrons. The SMILES string of the molecule is Cc1ccccc1CC(=O)NCCCc1nc2ccccc2n1CCCOc1ccccc1Cl. The van der Waals surface area contributed by atoms with Gasteiger partial charge in [-0.05, 0) is 55.2 Å². The third kappa shape index (κ3) is 6.17. The van der Waals surface area contributed by atoms with E-state index in [9.17, 15) is 4.79 Å². The largest absolute Gasteiger partial charge is 0.492 e. The maximum absolute atomic E-state index is 12.3. The van der Waals surface area contributed by atoms with Crippen molar-refractivity contribution >= 4 is 28.5 Å². The van der Waals surface area contributed by atoms with Crippen LogP contribution in [0.1, 0.15) is 29.8 Å². The molecule has 3 aromatic carbocycles. The number of hydrogen-bond acceptors (Lipinski definition) is 3. The first-order chi connectivity index (χ1) is 16.6. The van der Waals surface area contributed by atoms with E-state index in [0.717, 1.165) is 53.8 Å². The summed E-state index contributed by atoms with van der Waals surface area (Å²) in [4.78, 5) is 17.2. The van der Waals surface area contributed by atoms with E-state index in [1.54, 1.807) is 0 Å². The molecule has 0 fully saturated rings. The fourth-order valence-corrected chi connectivity index (χ4v) is 4.24. The maximum Gasteiger partial charge on any atom is 0.224 e. The van der Waals surface area contributed by atoms with Crippen LogP contribution in [0.4, 0.5) is 0 Å². The van der Waals surface area contributed by atoms with Gasteiger partial charge in [0.2, 0.25) is 5.91 Å². The molecule has 0 aliphatic carbocycles. The van der Waals surface area contributed by atoms with Crippen molar-refractivity contribution in [2.75, 3.05) is 13.2 Å². The first kappa shape index (κ1) is 23.8. The van der Waals surface area contributed by atoms with E-state index in [0.29, 0.717) is 30.3 Å². The van der Waals surface area contributed by atoms with Crippen LogP contribution in [-0.4, -0.2) is 28.6 Å². The molecule has 0 saturated heterocycles. The van der Waals surface area contributed by atoms with E-state index in [1.165, 1.54) is 0 Å². The molecule has 0 bridgehead atoms. The molecule has 0 atom stereocenters. The Balaban J connectivity index is 1.30. The fourth-order valence-electron chi connectivity index (χ4n) is 4.05. The van der Waals surface area contributed by atoms with E-state index < -0.39 is 0 Å². The van der Waals surface area contributed by atoms with Gasteiger partial charge in [-0.25, -0.2) is 4.98 Å². The van der Waals surface area contributed by atoms with Crippen molar-refractivity contribution in [1.82, 2.24) is 14.9 Å². The third-order valence-corrected chi connectivity index (χ3v) is 6.18. The molecule has 1 amide bonds. The van der Waals surface area contributed by atoms with Gasteiger partial charge in [0.25, 0.3) is 0 Å². The van der Waals surface area contributed by atoms with Crippen molar-refractivity contribution in [3.05, 3.63) is 94.8 Å². The molecule has 0 saturated carbocycles. The minimum atomic E-state index is 0.0551. The lowest BCUT2D eigenvalue weighted by Gasteiger charge is -2.11. The quantitative estimate of drug-likeness (QED) is 0.281. The number of benzene rings is 3. The number of halogens is 1. The minimum absolute atomic E-state index is 0.0551. The van der Waals surface area contributed by atoms with Gasteiger partial charge in [0, 0.05) is 19.5 Å². The number of nitrogens with zero attached hydrogens (tertiary/aromatic N) is 2. The average Bonchev–Trinajstić information content (AvgIpc) is 3.19. The molecule has 1 heterocycles. The van der Waals surface area contributed by atoms with E-state index in [1.807, 2.05) is 73.7 Å². The monoisotopic (exact) mass is 475 g/mol. The molecule has 176 valence electrons. The Morgan fingerprint density at radius 1 is 1.00 bits per heavy atom. The molecule has 4 aromatic rings. The van der Waals surface area contributed by atoms with Gasteiger partial charge in [-0.3, -0.25) is 4.79 Å². The van der Waals surface area contributed by atoms with Crippen LogP contribution in [0.25, 0.3) is 11.0 Å². The number of carbonyl (C=O) groups excluding carboxylic acids is 1. The van der Waals surface area contributed by atoms with Gasteiger partial charge in [0.15, 0.2) is 0 Å². The standard InChI is InChI=1S/C28H30ClN3O2/c1-21-10-2-3-11-22(21)20-28(33)30-17-8-16-27-31-24-13-5-6-14-25(24)32(27)18-9-19-34-26-15-7-4-12-23(26)29/h2-7,10-15H,8-9,16-20H2,1H3,(H,30,33). The van der Waals surface area contributed by atoms with Gasteiger partial charge in [0.1, 0.15) is 11.6 Å². The van der Waals surface area contributed by atoms with Crippen LogP contribution in [0.5, 0.6) is 5.75 Å². The molecule has 34 heavy (non-hydrogen) atoms. The molecule has 0 aliphatic rings. The number of aromatic nitrogens is 2. The molecule has 0 unspecified atom stereocenters. The van der Waals surface area contributed by atoms with Crippen LogP contribution in [0, 0.1) is 6.92 Å². The van der Waals surface area contributed by atoms with E-state index >= 15 is 0 Å². The Hall–Kier alpha value is -3.31. The topological polar surface area (TPSA) is 56.2 Å². The summed E-state index contributed by atoms with van der Waals surface area (Å²) >= 11 is 6.18. The van der Waals surface area contributed by atoms with Crippen LogP contribution >= 0.6 is 11.6 Å². The molecule has 1 aromatic heterocycles. The fraction of sp³-hybridized carbons (Fsp3) is 0.286. The summed E-state index contributed by atoms with van der Waals surface area (Å²) in [7, 11) is 0. The molecule has 4 rings (SSSR count). The van der Waals surface area contributed by atoms with Crippen LogP contribution in [0.3, 0.4) is 0 Å². The number of imidazole rings is 1. The highest BCUT2D eigenvalue weighted by Gasteiger charge is 2.11.